The van der Waals surface area contributed by atoms with Crippen LogP contribution < -0.4 is 10.1 Å². The normalized spacial score (nSPS) is 10.9. The molecule has 0 saturated heterocycles. The Morgan fingerprint density at radius 1 is 1.28 bits per heavy atom. The van der Waals surface area contributed by atoms with Crippen LogP contribution in [-0.4, -0.2) is 47.2 Å². The summed E-state index contributed by atoms with van der Waals surface area (Å²) in [4.78, 5) is 25.2. The van der Waals surface area contributed by atoms with Gasteiger partial charge in [0.15, 0.2) is 6.61 Å². The van der Waals surface area contributed by atoms with Crippen LogP contribution in [0.5, 0.6) is 5.75 Å². The first kappa shape index (κ1) is 22.5. The minimum atomic E-state index is -0.279. The summed E-state index contributed by atoms with van der Waals surface area (Å²) < 4.78 is 7.17. The standard InChI is InChI=1S/C21H27ClN4O3/c1-5-6-13-26-21(22)18(15(2)24-26)11-12-19(27)23-16-7-9-17(10-8-16)29-14-20(28)25(3)4/h7-12H,5-6,13-14H2,1-4H3,(H,23,27)/b12-11+. The maximum Gasteiger partial charge on any atom is 0.259 e. The zero-order valence-corrected chi connectivity index (χ0v) is 18.0. The topological polar surface area (TPSA) is 76.5 Å². The van der Waals surface area contributed by atoms with E-state index < -0.39 is 0 Å². The molecule has 0 spiro atoms. The molecule has 0 atom stereocenters. The fraction of sp³-hybridized carbons (Fsp3) is 0.381. The summed E-state index contributed by atoms with van der Waals surface area (Å²) in [5.74, 6) is 0.147. The van der Waals surface area contributed by atoms with Crippen molar-refractivity contribution in [3.8, 4) is 5.75 Å². The first-order chi connectivity index (χ1) is 13.8. The predicted octanol–water partition coefficient (Wildman–Crippen LogP) is 3.76. The largest absolute Gasteiger partial charge is 0.484 e. The molecule has 2 amide bonds. The number of likely N-dealkylation sites (N-methyl/N-ethyl adjacent to an activating group) is 1. The van der Waals surface area contributed by atoms with Gasteiger partial charge < -0.3 is 15.0 Å². The Morgan fingerprint density at radius 2 is 1.97 bits per heavy atom. The van der Waals surface area contributed by atoms with Crippen molar-refractivity contribution in [2.75, 3.05) is 26.0 Å². The molecule has 1 heterocycles. The fourth-order valence-electron chi connectivity index (χ4n) is 2.46. The Bertz CT molecular complexity index is 873. The van der Waals surface area contributed by atoms with Crippen LogP contribution in [0.4, 0.5) is 5.69 Å². The summed E-state index contributed by atoms with van der Waals surface area (Å²) in [6, 6.07) is 6.81. The van der Waals surface area contributed by atoms with Gasteiger partial charge >= 0.3 is 0 Å². The highest BCUT2D eigenvalue weighted by Gasteiger charge is 2.11. The van der Waals surface area contributed by atoms with E-state index in [4.69, 9.17) is 16.3 Å². The van der Waals surface area contributed by atoms with E-state index in [1.165, 1.54) is 11.0 Å². The molecule has 7 nitrogen and oxygen atoms in total. The number of hydrogen-bond donors (Lipinski definition) is 1. The van der Waals surface area contributed by atoms with Crippen LogP contribution in [0, 0.1) is 6.92 Å². The zero-order valence-electron chi connectivity index (χ0n) is 17.2. The van der Waals surface area contributed by atoms with Crippen molar-refractivity contribution >= 4 is 35.2 Å². The summed E-state index contributed by atoms with van der Waals surface area (Å²) in [5, 5.41) is 7.73. The Balaban J connectivity index is 1.94. The Labute approximate surface area is 176 Å². The number of anilines is 1. The molecule has 0 radical (unpaired) electrons. The molecule has 8 heteroatoms. The van der Waals surface area contributed by atoms with Crippen molar-refractivity contribution in [1.29, 1.82) is 0 Å². The highest BCUT2D eigenvalue weighted by Crippen LogP contribution is 2.22. The second-order valence-corrected chi connectivity index (χ2v) is 7.15. The van der Waals surface area contributed by atoms with Gasteiger partial charge in [0.2, 0.25) is 5.91 Å². The van der Waals surface area contributed by atoms with E-state index in [0.717, 1.165) is 30.6 Å². The van der Waals surface area contributed by atoms with Crippen LogP contribution in [0.15, 0.2) is 30.3 Å². The van der Waals surface area contributed by atoms with Crippen LogP contribution in [-0.2, 0) is 16.1 Å². The van der Waals surface area contributed by atoms with Gasteiger partial charge in [-0.25, -0.2) is 0 Å². The molecule has 0 aliphatic rings. The molecule has 0 unspecified atom stereocenters. The number of aryl methyl sites for hydroxylation is 2. The van der Waals surface area contributed by atoms with E-state index in [1.807, 2.05) is 6.92 Å². The fourth-order valence-corrected chi connectivity index (χ4v) is 2.79. The maximum absolute atomic E-state index is 12.2. The number of ether oxygens (including phenoxy) is 1. The number of halogens is 1. The molecule has 0 fully saturated rings. The summed E-state index contributed by atoms with van der Waals surface area (Å²) in [6.45, 7) is 4.70. The van der Waals surface area contributed by atoms with E-state index in [1.54, 1.807) is 49.1 Å². The van der Waals surface area contributed by atoms with Crippen molar-refractivity contribution in [2.45, 2.75) is 33.2 Å². The molecule has 0 aliphatic carbocycles. The van der Waals surface area contributed by atoms with Gasteiger partial charge in [0, 0.05) is 38.0 Å². The third-order valence-corrected chi connectivity index (χ3v) is 4.62. The van der Waals surface area contributed by atoms with Crippen LogP contribution in [0.2, 0.25) is 5.15 Å². The Morgan fingerprint density at radius 3 is 2.59 bits per heavy atom. The zero-order chi connectivity index (χ0) is 21.4. The van der Waals surface area contributed by atoms with E-state index in [-0.39, 0.29) is 18.4 Å². The summed E-state index contributed by atoms with van der Waals surface area (Å²) in [6.07, 6.45) is 5.15. The molecular formula is C21H27ClN4O3. The SMILES string of the molecule is CCCCn1nc(C)c(/C=C/C(=O)Nc2ccc(OCC(=O)N(C)C)cc2)c1Cl. The smallest absolute Gasteiger partial charge is 0.259 e. The molecule has 0 saturated carbocycles. The summed E-state index contributed by atoms with van der Waals surface area (Å²) in [5.41, 5.74) is 2.14. The van der Waals surface area contributed by atoms with Gasteiger partial charge in [-0.3, -0.25) is 14.3 Å². The molecule has 1 N–H and O–H groups in total. The van der Waals surface area contributed by atoms with Crippen LogP contribution >= 0.6 is 11.6 Å². The first-order valence-corrected chi connectivity index (χ1v) is 9.84. The summed E-state index contributed by atoms with van der Waals surface area (Å²) >= 11 is 6.37. The lowest BCUT2D eigenvalue weighted by molar-refractivity contribution is -0.130. The molecule has 1 aromatic heterocycles. The van der Waals surface area contributed by atoms with E-state index >= 15 is 0 Å². The van der Waals surface area contributed by atoms with E-state index in [0.29, 0.717) is 16.6 Å². The molecular weight excluding hydrogens is 392 g/mol. The lowest BCUT2D eigenvalue weighted by atomic mass is 10.2. The third kappa shape index (κ3) is 6.64. The first-order valence-electron chi connectivity index (χ1n) is 9.46. The molecule has 2 rings (SSSR count). The quantitative estimate of drug-likeness (QED) is 0.629. The minimum absolute atomic E-state index is 0.0342. The number of carbonyl (C=O) groups is 2. The Hall–Kier alpha value is -2.80. The van der Waals surface area contributed by atoms with Crippen molar-refractivity contribution in [3.05, 3.63) is 46.8 Å². The van der Waals surface area contributed by atoms with Gasteiger partial charge in [-0.1, -0.05) is 24.9 Å². The average molecular weight is 419 g/mol. The van der Waals surface area contributed by atoms with E-state index in [2.05, 4.69) is 17.3 Å². The van der Waals surface area contributed by atoms with Crippen LogP contribution in [0.25, 0.3) is 6.08 Å². The van der Waals surface area contributed by atoms with Gasteiger partial charge in [-0.15, -0.1) is 0 Å². The minimum Gasteiger partial charge on any atom is -0.484 e. The molecule has 2 aromatic rings. The highest BCUT2D eigenvalue weighted by molar-refractivity contribution is 6.31. The number of aromatic nitrogens is 2. The second kappa shape index (κ2) is 10.7. The number of hydrogen-bond acceptors (Lipinski definition) is 4. The number of unbranched alkanes of at least 4 members (excludes halogenated alkanes) is 1. The lowest BCUT2D eigenvalue weighted by Crippen LogP contribution is -2.27. The van der Waals surface area contributed by atoms with Crippen molar-refractivity contribution < 1.29 is 14.3 Å². The van der Waals surface area contributed by atoms with Gasteiger partial charge in [0.05, 0.1) is 5.69 Å². The molecule has 0 aliphatic heterocycles. The van der Waals surface area contributed by atoms with Crippen LogP contribution in [0.1, 0.15) is 31.0 Å². The molecule has 0 bridgehead atoms. The van der Waals surface area contributed by atoms with Gasteiger partial charge in [0.25, 0.3) is 5.91 Å². The van der Waals surface area contributed by atoms with Crippen LogP contribution in [0.3, 0.4) is 0 Å². The van der Waals surface area contributed by atoms with Crippen molar-refractivity contribution in [1.82, 2.24) is 14.7 Å². The van der Waals surface area contributed by atoms with Gasteiger partial charge in [-0.05, 0) is 43.7 Å². The van der Waals surface area contributed by atoms with Crippen molar-refractivity contribution in [3.63, 3.8) is 0 Å². The number of nitrogens with zero attached hydrogens (tertiary/aromatic N) is 3. The van der Waals surface area contributed by atoms with E-state index in [9.17, 15) is 9.59 Å². The molecule has 1 aromatic carbocycles. The monoisotopic (exact) mass is 418 g/mol. The number of rotatable bonds is 9. The van der Waals surface area contributed by atoms with Gasteiger partial charge in [0.1, 0.15) is 10.9 Å². The molecule has 156 valence electrons. The number of nitrogens with one attached hydrogen (secondary N) is 1. The lowest BCUT2D eigenvalue weighted by Gasteiger charge is -2.11. The number of amides is 2. The maximum atomic E-state index is 12.2. The summed E-state index contributed by atoms with van der Waals surface area (Å²) in [7, 11) is 3.34. The third-order valence-electron chi connectivity index (χ3n) is 4.22. The second-order valence-electron chi connectivity index (χ2n) is 6.79. The number of carbonyl (C=O) groups excluding carboxylic acids is 2. The predicted molar refractivity (Wildman–Crippen MR) is 115 cm³/mol. The average Bonchev–Trinajstić information content (AvgIpc) is 2.96. The molecule has 29 heavy (non-hydrogen) atoms. The Kier molecular flexibility index (Phi) is 8.27. The number of benzene rings is 1. The van der Waals surface area contributed by atoms with Crippen molar-refractivity contribution in [2.24, 2.45) is 0 Å². The highest BCUT2D eigenvalue weighted by atomic mass is 35.5. The van der Waals surface area contributed by atoms with Gasteiger partial charge in [-0.2, -0.15) is 5.10 Å².